The van der Waals surface area contributed by atoms with Gasteiger partial charge in [-0.25, -0.2) is 0 Å². The Bertz CT molecular complexity index is 897. The summed E-state index contributed by atoms with van der Waals surface area (Å²) in [6.45, 7) is 3.94. The van der Waals surface area contributed by atoms with Crippen molar-refractivity contribution in [3.05, 3.63) is 55.7 Å². The number of fused-ring (bicyclic) bond motifs is 1. The molecule has 1 atom stereocenters. The fraction of sp³-hybridized carbons (Fsp3) is 0.316. The van der Waals surface area contributed by atoms with Crippen molar-refractivity contribution in [3.8, 4) is 0 Å². The number of thioether (sulfide) groups is 1. The molecule has 1 aromatic carbocycles. The van der Waals surface area contributed by atoms with Crippen LogP contribution in [0.3, 0.4) is 0 Å². The molecule has 3 rings (SSSR count). The van der Waals surface area contributed by atoms with Crippen molar-refractivity contribution >= 4 is 56.8 Å². The Kier molecular flexibility index (Phi) is 6.39. The lowest BCUT2D eigenvalue weighted by atomic mass is 10.1. The molecule has 2 heterocycles. The minimum Gasteiger partial charge on any atom is -0.353 e. The number of carbonyl (C=O) groups excluding carboxylic acids is 3. The number of carbonyl (C=O) groups is 3. The van der Waals surface area contributed by atoms with E-state index in [4.69, 9.17) is 0 Å². The molecule has 0 radical (unpaired) electrons. The summed E-state index contributed by atoms with van der Waals surface area (Å²) in [5.41, 5.74) is 1.64. The Balaban J connectivity index is 1.50. The van der Waals surface area contributed by atoms with Crippen molar-refractivity contribution in [3.63, 3.8) is 0 Å². The second-order valence-corrected chi connectivity index (χ2v) is 9.91. The number of rotatable bonds is 7. The van der Waals surface area contributed by atoms with Crippen LogP contribution in [-0.4, -0.2) is 41.0 Å². The number of nitrogens with zero attached hydrogens (tertiary/aromatic N) is 1. The van der Waals surface area contributed by atoms with E-state index in [9.17, 15) is 14.4 Å². The van der Waals surface area contributed by atoms with Crippen LogP contribution >= 0.6 is 39.0 Å². The number of hydrogen-bond donors (Lipinski definition) is 1. The van der Waals surface area contributed by atoms with Gasteiger partial charge in [0.1, 0.15) is 6.04 Å². The maximum Gasteiger partial charge on any atom is 0.262 e. The third-order valence-electron chi connectivity index (χ3n) is 4.26. The molecular formula is C19H19BrN2O3S2. The van der Waals surface area contributed by atoms with Gasteiger partial charge in [0, 0.05) is 22.9 Å². The van der Waals surface area contributed by atoms with E-state index < -0.39 is 17.9 Å². The predicted molar refractivity (Wildman–Crippen MR) is 112 cm³/mol. The zero-order chi connectivity index (χ0) is 19.6. The number of aryl methyl sites for hydroxylation is 1. The molecule has 5 nitrogen and oxygen atoms in total. The van der Waals surface area contributed by atoms with Gasteiger partial charge in [-0.3, -0.25) is 19.3 Å². The number of hydrogen-bond acceptors (Lipinski definition) is 5. The van der Waals surface area contributed by atoms with Gasteiger partial charge < -0.3 is 5.32 Å². The first-order chi connectivity index (χ1) is 12.9. The summed E-state index contributed by atoms with van der Waals surface area (Å²) in [4.78, 5) is 39.8. The highest BCUT2D eigenvalue weighted by Crippen LogP contribution is 2.26. The summed E-state index contributed by atoms with van der Waals surface area (Å²) in [6, 6.07) is 8.40. The van der Waals surface area contributed by atoms with E-state index in [0.717, 1.165) is 25.8 Å². The van der Waals surface area contributed by atoms with Gasteiger partial charge in [-0.2, -0.15) is 11.8 Å². The molecule has 1 aliphatic rings. The Morgan fingerprint density at radius 2 is 1.96 bits per heavy atom. The molecule has 0 unspecified atom stereocenters. The first-order valence-electron chi connectivity index (χ1n) is 8.46. The molecule has 2 aromatic rings. The van der Waals surface area contributed by atoms with E-state index in [2.05, 4.69) is 27.3 Å². The van der Waals surface area contributed by atoms with Crippen molar-refractivity contribution in [2.75, 3.05) is 12.3 Å². The van der Waals surface area contributed by atoms with Crippen LogP contribution in [0.4, 0.5) is 0 Å². The average Bonchev–Trinajstić information content (AvgIpc) is 3.15. The van der Waals surface area contributed by atoms with E-state index in [-0.39, 0.29) is 5.91 Å². The van der Waals surface area contributed by atoms with E-state index in [1.165, 1.54) is 4.88 Å². The highest BCUT2D eigenvalue weighted by molar-refractivity contribution is 9.11. The predicted octanol–water partition coefficient (Wildman–Crippen LogP) is 3.85. The first-order valence-corrected chi connectivity index (χ1v) is 11.2. The number of benzene rings is 1. The van der Waals surface area contributed by atoms with Gasteiger partial charge in [-0.05, 0) is 54.0 Å². The van der Waals surface area contributed by atoms with Crippen LogP contribution in [0, 0.1) is 6.92 Å². The van der Waals surface area contributed by atoms with Gasteiger partial charge in [0.25, 0.3) is 11.8 Å². The third kappa shape index (κ3) is 4.44. The lowest BCUT2D eigenvalue weighted by molar-refractivity contribution is -0.124. The molecule has 0 saturated heterocycles. The molecule has 0 aliphatic carbocycles. The topological polar surface area (TPSA) is 66.5 Å². The minimum absolute atomic E-state index is 0.319. The SMILES string of the molecule is Cc1ccc2c(c1)C(=O)N([C@H](C)C(=O)NCCSCc1ccc(Br)s1)C2=O. The van der Waals surface area contributed by atoms with Crippen molar-refractivity contribution < 1.29 is 14.4 Å². The average molecular weight is 467 g/mol. The summed E-state index contributed by atoms with van der Waals surface area (Å²) in [7, 11) is 0. The normalized spacial score (nSPS) is 14.4. The molecular weight excluding hydrogens is 448 g/mol. The number of imide groups is 1. The number of amides is 3. The van der Waals surface area contributed by atoms with E-state index in [1.54, 1.807) is 48.2 Å². The highest BCUT2D eigenvalue weighted by atomic mass is 79.9. The zero-order valence-electron chi connectivity index (χ0n) is 15.0. The van der Waals surface area contributed by atoms with Crippen LogP contribution in [-0.2, 0) is 10.5 Å². The number of thiophene rings is 1. The first kappa shape index (κ1) is 20.1. The van der Waals surface area contributed by atoms with Crippen LogP contribution in [0.5, 0.6) is 0 Å². The molecule has 1 aliphatic heterocycles. The van der Waals surface area contributed by atoms with E-state index in [1.807, 2.05) is 13.0 Å². The lowest BCUT2D eigenvalue weighted by Crippen LogP contribution is -2.48. The summed E-state index contributed by atoms with van der Waals surface area (Å²) in [5.74, 6) is 0.518. The molecule has 8 heteroatoms. The van der Waals surface area contributed by atoms with Crippen LogP contribution < -0.4 is 5.32 Å². The quantitative estimate of drug-likeness (QED) is 0.496. The largest absolute Gasteiger partial charge is 0.353 e. The second kappa shape index (κ2) is 8.58. The van der Waals surface area contributed by atoms with Gasteiger partial charge in [0.2, 0.25) is 5.91 Å². The Morgan fingerprint density at radius 3 is 2.67 bits per heavy atom. The van der Waals surface area contributed by atoms with Crippen LogP contribution in [0.25, 0.3) is 0 Å². The van der Waals surface area contributed by atoms with Gasteiger partial charge in [0.05, 0.1) is 14.9 Å². The van der Waals surface area contributed by atoms with Crippen molar-refractivity contribution in [1.82, 2.24) is 10.2 Å². The molecule has 142 valence electrons. The molecule has 0 bridgehead atoms. The van der Waals surface area contributed by atoms with E-state index >= 15 is 0 Å². The maximum absolute atomic E-state index is 12.6. The van der Waals surface area contributed by atoms with Gasteiger partial charge >= 0.3 is 0 Å². The highest BCUT2D eigenvalue weighted by Gasteiger charge is 2.40. The maximum atomic E-state index is 12.6. The van der Waals surface area contributed by atoms with E-state index in [0.29, 0.717) is 17.7 Å². The monoisotopic (exact) mass is 466 g/mol. The fourth-order valence-electron chi connectivity index (χ4n) is 2.84. The fourth-order valence-corrected chi connectivity index (χ4v) is 5.29. The molecule has 1 N–H and O–H groups in total. The summed E-state index contributed by atoms with van der Waals surface area (Å²) < 4.78 is 1.11. The Morgan fingerprint density at radius 1 is 1.22 bits per heavy atom. The van der Waals surface area contributed by atoms with Gasteiger partial charge in [-0.15, -0.1) is 11.3 Å². The number of nitrogens with one attached hydrogen (secondary N) is 1. The summed E-state index contributed by atoms with van der Waals surface area (Å²) >= 11 is 6.86. The minimum atomic E-state index is -0.837. The molecule has 0 spiro atoms. The lowest BCUT2D eigenvalue weighted by Gasteiger charge is -2.21. The molecule has 3 amide bonds. The zero-order valence-corrected chi connectivity index (χ0v) is 18.2. The molecule has 1 aromatic heterocycles. The van der Waals surface area contributed by atoms with Crippen molar-refractivity contribution in [2.24, 2.45) is 0 Å². The van der Waals surface area contributed by atoms with Crippen molar-refractivity contribution in [2.45, 2.75) is 25.6 Å². The molecule has 0 fully saturated rings. The van der Waals surface area contributed by atoms with Crippen molar-refractivity contribution in [1.29, 1.82) is 0 Å². The van der Waals surface area contributed by atoms with Crippen LogP contribution in [0.1, 0.15) is 38.1 Å². The Labute approximate surface area is 174 Å². The van der Waals surface area contributed by atoms with Crippen LogP contribution in [0.15, 0.2) is 34.1 Å². The summed E-state index contributed by atoms with van der Waals surface area (Å²) in [5, 5.41) is 2.82. The smallest absolute Gasteiger partial charge is 0.262 e. The molecule has 0 saturated carbocycles. The van der Waals surface area contributed by atoms with Gasteiger partial charge in [-0.1, -0.05) is 11.6 Å². The summed E-state index contributed by atoms with van der Waals surface area (Å²) in [6.07, 6.45) is 0. The standard InChI is InChI=1S/C19H19BrN2O3S2/c1-11-3-5-14-15(9-11)19(25)22(18(14)24)12(2)17(23)21-7-8-26-10-13-4-6-16(20)27-13/h3-6,9,12H,7-8,10H2,1-2H3,(H,21,23)/t12-/m1/s1. The Hall–Kier alpha value is -1.64. The third-order valence-corrected chi connectivity index (χ3v) is 7.07. The second-order valence-electron chi connectivity index (χ2n) is 6.25. The van der Waals surface area contributed by atoms with Gasteiger partial charge in [0.15, 0.2) is 0 Å². The molecule has 27 heavy (non-hydrogen) atoms. The number of halogens is 1. The van der Waals surface area contributed by atoms with Crippen LogP contribution in [0.2, 0.25) is 0 Å².